The highest BCUT2D eigenvalue weighted by molar-refractivity contribution is 5.92. The average Bonchev–Trinajstić information content (AvgIpc) is 2.81. The van der Waals surface area contributed by atoms with Crippen molar-refractivity contribution in [3.05, 3.63) is 0 Å². The van der Waals surface area contributed by atoms with Gasteiger partial charge in [0, 0.05) is 25.9 Å². The van der Waals surface area contributed by atoms with Crippen molar-refractivity contribution >= 4 is 11.6 Å². The molecule has 1 atom stereocenters. The molecule has 0 radical (unpaired) electrons. The second-order valence-corrected chi connectivity index (χ2v) is 6.87. The lowest BCUT2D eigenvalue weighted by Gasteiger charge is -2.36. The molecule has 0 aliphatic carbocycles. The molecule has 126 valence electrons. The molecule has 1 amide bonds. The number of hydrogen-bond donors (Lipinski definition) is 1. The van der Waals surface area contributed by atoms with Gasteiger partial charge in [-0.1, -0.05) is 26.2 Å². The summed E-state index contributed by atoms with van der Waals surface area (Å²) in [6.45, 7) is 6.36. The molecule has 2 aliphatic rings. The number of rotatable bonds is 6. The average molecular weight is 309 g/mol. The molecule has 1 N–H and O–H groups in total. The van der Waals surface area contributed by atoms with Crippen molar-refractivity contribution in [2.24, 2.45) is 5.10 Å². The molecule has 0 aromatic heterocycles. The van der Waals surface area contributed by atoms with E-state index >= 15 is 0 Å². The van der Waals surface area contributed by atoms with Crippen LogP contribution in [0.2, 0.25) is 0 Å². The molecule has 0 bridgehead atoms. The Morgan fingerprint density at radius 3 is 2.77 bits per heavy atom. The van der Waals surface area contributed by atoms with E-state index in [0.29, 0.717) is 6.42 Å². The number of likely N-dealkylation sites (tertiary alicyclic amines) is 1. The first-order valence-electron chi connectivity index (χ1n) is 8.76. The van der Waals surface area contributed by atoms with E-state index < -0.39 is 0 Å². The van der Waals surface area contributed by atoms with Crippen molar-refractivity contribution in [2.45, 2.75) is 76.9 Å². The molecule has 22 heavy (non-hydrogen) atoms. The first kappa shape index (κ1) is 17.4. The van der Waals surface area contributed by atoms with Crippen LogP contribution in [0.15, 0.2) is 5.10 Å². The smallest absolute Gasteiger partial charge is 0.240 e. The highest BCUT2D eigenvalue weighted by Gasteiger charge is 2.44. The Morgan fingerprint density at radius 1 is 1.36 bits per heavy atom. The second kappa shape index (κ2) is 8.06. The quantitative estimate of drug-likeness (QED) is 0.606. The van der Waals surface area contributed by atoms with E-state index in [1.807, 2.05) is 6.92 Å². The Morgan fingerprint density at radius 2 is 2.09 bits per heavy atom. The Labute approximate surface area is 134 Å². The summed E-state index contributed by atoms with van der Waals surface area (Å²) in [5.41, 5.74) is 3.67. The molecule has 2 fully saturated rings. The number of nitrogens with one attached hydrogen (secondary N) is 1. The van der Waals surface area contributed by atoms with Gasteiger partial charge >= 0.3 is 0 Å². The van der Waals surface area contributed by atoms with E-state index in [2.05, 4.69) is 29.4 Å². The van der Waals surface area contributed by atoms with Gasteiger partial charge in [-0.25, -0.2) is 5.43 Å². The molecule has 0 saturated carbocycles. The summed E-state index contributed by atoms with van der Waals surface area (Å²) < 4.78 is 6.19. The standard InChI is InChI=1S/C17H31N3O2/c1-4-5-6-7-8-16(21)19-18-15-13-17(22-14(15)2)9-11-20(3)12-10-17/h14H,4-13H2,1-3H3,(H,19,21)/b18-15+. The lowest BCUT2D eigenvalue weighted by atomic mass is 9.88. The van der Waals surface area contributed by atoms with Gasteiger partial charge in [0.1, 0.15) is 0 Å². The van der Waals surface area contributed by atoms with Crippen LogP contribution in [0.3, 0.4) is 0 Å². The molecular weight excluding hydrogens is 278 g/mol. The zero-order chi connectivity index (χ0) is 16.0. The zero-order valence-corrected chi connectivity index (χ0v) is 14.4. The number of piperidine rings is 1. The number of hydrogen-bond acceptors (Lipinski definition) is 4. The van der Waals surface area contributed by atoms with Gasteiger partial charge in [-0.2, -0.15) is 5.10 Å². The predicted octanol–water partition coefficient (Wildman–Crippen LogP) is 2.70. The zero-order valence-electron chi connectivity index (χ0n) is 14.4. The maximum absolute atomic E-state index is 11.8. The lowest BCUT2D eigenvalue weighted by Crippen LogP contribution is -2.42. The summed E-state index contributed by atoms with van der Waals surface area (Å²) >= 11 is 0. The van der Waals surface area contributed by atoms with Crippen LogP contribution in [-0.4, -0.2) is 48.4 Å². The van der Waals surface area contributed by atoms with Crippen LogP contribution in [0.5, 0.6) is 0 Å². The summed E-state index contributed by atoms with van der Waals surface area (Å²) in [4.78, 5) is 14.2. The van der Waals surface area contributed by atoms with Gasteiger partial charge in [-0.15, -0.1) is 0 Å². The largest absolute Gasteiger partial charge is 0.366 e. The third-order valence-electron chi connectivity index (χ3n) is 4.88. The van der Waals surface area contributed by atoms with E-state index in [1.165, 1.54) is 12.8 Å². The summed E-state index contributed by atoms with van der Waals surface area (Å²) in [6.07, 6.45) is 8.02. The summed E-state index contributed by atoms with van der Waals surface area (Å²) in [6, 6.07) is 0. The number of nitrogens with zero attached hydrogens (tertiary/aromatic N) is 2. The maximum Gasteiger partial charge on any atom is 0.240 e. The van der Waals surface area contributed by atoms with E-state index in [-0.39, 0.29) is 17.6 Å². The summed E-state index contributed by atoms with van der Waals surface area (Å²) in [5.74, 6) is 0.0279. The highest BCUT2D eigenvalue weighted by atomic mass is 16.5. The molecule has 5 nitrogen and oxygen atoms in total. The van der Waals surface area contributed by atoms with E-state index in [1.54, 1.807) is 0 Å². The fourth-order valence-electron chi connectivity index (χ4n) is 3.31. The molecule has 0 aromatic rings. The van der Waals surface area contributed by atoms with Gasteiger partial charge in [0.25, 0.3) is 0 Å². The fourth-order valence-corrected chi connectivity index (χ4v) is 3.31. The van der Waals surface area contributed by atoms with Gasteiger partial charge in [-0.3, -0.25) is 4.79 Å². The van der Waals surface area contributed by atoms with Crippen LogP contribution in [0.1, 0.15) is 65.2 Å². The van der Waals surface area contributed by atoms with Crippen molar-refractivity contribution in [3.63, 3.8) is 0 Å². The normalized spacial score (nSPS) is 26.7. The van der Waals surface area contributed by atoms with Crippen LogP contribution in [0, 0.1) is 0 Å². The first-order chi connectivity index (χ1) is 10.5. The fraction of sp³-hybridized carbons (Fsp3) is 0.882. The number of hydrazone groups is 1. The van der Waals surface area contributed by atoms with E-state index in [4.69, 9.17) is 4.74 Å². The molecular formula is C17H31N3O2. The van der Waals surface area contributed by atoms with Crippen LogP contribution in [0.4, 0.5) is 0 Å². The van der Waals surface area contributed by atoms with Crippen molar-refractivity contribution in [1.82, 2.24) is 10.3 Å². The molecule has 5 heteroatoms. The number of amides is 1. The molecule has 0 aromatic carbocycles. The number of ether oxygens (including phenoxy) is 1. The minimum Gasteiger partial charge on any atom is -0.366 e. The van der Waals surface area contributed by atoms with Crippen molar-refractivity contribution in [2.75, 3.05) is 20.1 Å². The molecule has 2 aliphatic heterocycles. The monoisotopic (exact) mass is 309 g/mol. The molecule has 2 rings (SSSR count). The van der Waals surface area contributed by atoms with Gasteiger partial charge in [0.05, 0.1) is 17.4 Å². The van der Waals surface area contributed by atoms with Gasteiger partial charge < -0.3 is 9.64 Å². The predicted molar refractivity (Wildman–Crippen MR) is 89.0 cm³/mol. The number of unbranched alkanes of at least 4 members (excludes halogenated alkanes) is 3. The first-order valence-corrected chi connectivity index (χ1v) is 8.76. The van der Waals surface area contributed by atoms with Crippen LogP contribution >= 0.6 is 0 Å². The van der Waals surface area contributed by atoms with Crippen molar-refractivity contribution in [3.8, 4) is 0 Å². The van der Waals surface area contributed by atoms with Crippen molar-refractivity contribution in [1.29, 1.82) is 0 Å². The van der Waals surface area contributed by atoms with Gasteiger partial charge in [0.2, 0.25) is 5.91 Å². The lowest BCUT2D eigenvalue weighted by molar-refractivity contribution is -0.121. The van der Waals surface area contributed by atoms with Crippen molar-refractivity contribution < 1.29 is 9.53 Å². The third-order valence-corrected chi connectivity index (χ3v) is 4.88. The van der Waals surface area contributed by atoms with E-state index in [0.717, 1.165) is 50.9 Å². The number of carbonyl (C=O) groups is 1. The van der Waals surface area contributed by atoms with Crippen LogP contribution < -0.4 is 5.43 Å². The maximum atomic E-state index is 11.8. The minimum atomic E-state index is -0.0450. The van der Waals surface area contributed by atoms with Gasteiger partial charge in [0.15, 0.2) is 0 Å². The summed E-state index contributed by atoms with van der Waals surface area (Å²) in [5, 5.41) is 4.35. The molecule has 2 heterocycles. The van der Waals surface area contributed by atoms with Gasteiger partial charge in [-0.05, 0) is 33.2 Å². The minimum absolute atomic E-state index is 0.0174. The van der Waals surface area contributed by atoms with E-state index in [9.17, 15) is 4.79 Å². The third kappa shape index (κ3) is 4.78. The molecule has 1 spiro atoms. The Balaban J connectivity index is 1.78. The number of carbonyl (C=O) groups excluding carboxylic acids is 1. The molecule has 1 unspecified atom stereocenters. The van der Waals surface area contributed by atoms with Crippen LogP contribution in [-0.2, 0) is 9.53 Å². The SMILES string of the molecule is CCCCCCC(=O)N/N=C1\CC2(CCN(C)CC2)OC1C. The highest BCUT2D eigenvalue weighted by Crippen LogP contribution is 2.37. The van der Waals surface area contributed by atoms with Crippen LogP contribution in [0.25, 0.3) is 0 Å². The Hall–Kier alpha value is -0.940. The Bertz CT molecular complexity index is 401. The molecule has 2 saturated heterocycles. The Kier molecular flexibility index (Phi) is 6.38. The second-order valence-electron chi connectivity index (χ2n) is 6.87. The topological polar surface area (TPSA) is 53.9 Å². The summed E-state index contributed by atoms with van der Waals surface area (Å²) in [7, 11) is 2.15.